The van der Waals surface area contributed by atoms with Gasteiger partial charge in [0.05, 0.1) is 13.2 Å². The van der Waals surface area contributed by atoms with E-state index in [0.29, 0.717) is 13.2 Å². The van der Waals surface area contributed by atoms with Crippen LogP contribution in [-0.4, -0.2) is 49.2 Å². The number of hydrogen-bond acceptors (Lipinski definition) is 4. The van der Waals surface area contributed by atoms with Crippen molar-refractivity contribution in [1.29, 1.82) is 0 Å². The Hall–Kier alpha value is -1.10. The number of ether oxygens (including phenoxy) is 2. The van der Waals surface area contributed by atoms with Gasteiger partial charge in [-0.05, 0) is 27.2 Å². The fraction of sp³-hybridized carbons (Fsp3) is 0.846. The minimum Gasteiger partial charge on any atom is -0.444 e. The molecule has 0 radical (unpaired) electrons. The number of carbonyl (C=O) groups excluding carboxylic acids is 2. The van der Waals surface area contributed by atoms with Crippen LogP contribution in [0.3, 0.4) is 0 Å². The van der Waals surface area contributed by atoms with Gasteiger partial charge in [0.25, 0.3) is 0 Å². The van der Waals surface area contributed by atoms with Crippen LogP contribution < -0.4 is 0 Å². The van der Waals surface area contributed by atoms with Crippen molar-refractivity contribution in [2.45, 2.75) is 45.8 Å². The molecule has 1 aliphatic heterocycles. The van der Waals surface area contributed by atoms with Crippen molar-refractivity contribution in [3.05, 3.63) is 0 Å². The van der Waals surface area contributed by atoms with Gasteiger partial charge in [0, 0.05) is 12.5 Å². The Morgan fingerprint density at radius 1 is 1.50 bits per heavy atom. The molecule has 1 fully saturated rings. The van der Waals surface area contributed by atoms with E-state index in [4.69, 9.17) is 9.47 Å². The number of likely N-dealkylation sites (N-methyl/N-ethyl adjacent to an activating group) is 1. The van der Waals surface area contributed by atoms with Gasteiger partial charge in [-0.1, -0.05) is 6.92 Å². The zero-order valence-electron chi connectivity index (χ0n) is 11.9. The average molecular weight is 257 g/mol. The van der Waals surface area contributed by atoms with Crippen LogP contribution in [0.1, 0.15) is 34.1 Å². The summed E-state index contributed by atoms with van der Waals surface area (Å²) in [6.45, 7) is 8.44. The predicted molar refractivity (Wildman–Crippen MR) is 67.4 cm³/mol. The third-order valence-corrected chi connectivity index (χ3v) is 3.34. The Labute approximate surface area is 108 Å². The molecule has 0 aromatic rings. The summed E-state index contributed by atoms with van der Waals surface area (Å²) in [7, 11) is 1.60. The van der Waals surface area contributed by atoms with E-state index in [-0.39, 0.29) is 5.41 Å². The molecule has 1 rings (SSSR count). The number of amides is 1. The quantitative estimate of drug-likeness (QED) is 0.721. The van der Waals surface area contributed by atoms with Gasteiger partial charge in [-0.25, -0.2) is 4.79 Å². The molecule has 0 aromatic carbocycles. The second-order valence-electron chi connectivity index (χ2n) is 5.88. The molecular weight excluding hydrogens is 234 g/mol. The molecule has 1 aliphatic rings. The molecule has 1 saturated heterocycles. The van der Waals surface area contributed by atoms with Crippen molar-refractivity contribution in [2.75, 3.05) is 20.3 Å². The number of carbonyl (C=O) groups is 2. The Morgan fingerprint density at radius 2 is 2.06 bits per heavy atom. The van der Waals surface area contributed by atoms with Crippen molar-refractivity contribution in [2.24, 2.45) is 5.41 Å². The summed E-state index contributed by atoms with van der Waals surface area (Å²) in [5, 5.41) is 0. The average Bonchev–Trinajstić information content (AvgIpc) is 2.19. The number of aldehydes is 1. The summed E-state index contributed by atoms with van der Waals surface area (Å²) in [5.74, 6) is 0. The van der Waals surface area contributed by atoms with Crippen LogP contribution in [0.25, 0.3) is 0 Å². The largest absolute Gasteiger partial charge is 0.444 e. The molecular formula is C13H23NO4. The third-order valence-electron chi connectivity index (χ3n) is 3.34. The minimum atomic E-state index is -0.561. The van der Waals surface area contributed by atoms with Crippen LogP contribution >= 0.6 is 0 Å². The monoisotopic (exact) mass is 257 g/mol. The van der Waals surface area contributed by atoms with Gasteiger partial charge >= 0.3 is 6.09 Å². The van der Waals surface area contributed by atoms with Gasteiger partial charge in [-0.15, -0.1) is 0 Å². The Balaban J connectivity index is 2.76. The van der Waals surface area contributed by atoms with Crippen LogP contribution in [-0.2, 0) is 14.3 Å². The van der Waals surface area contributed by atoms with E-state index in [0.717, 1.165) is 12.7 Å². The molecule has 5 nitrogen and oxygen atoms in total. The van der Waals surface area contributed by atoms with Crippen molar-refractivity contribution in [3.8, 4) is 0 Å². The Kier molecular flexibility index (Phi) is 4.37. The first kappa shape index (κ1) is 15.0. The number of hydrogen-bond donors (Lipinski definition) is 0. The fourth-order valence-electron chi connectivity index (χ4n) is 2.04. The smallest absolute Gasteiger partial charge is 0.410 e. The standard InChI is InChI=1S/C13H23NO4/c1-6-13(8-17-9-13)10(7-15)14(5)11(16)18-12(2,3)4/h7,10H,6,8-9H2,1-5H3. The van der Waals surface area contributed by atoms with E-state index in [1.165, 1.54) is 4.90 Å². The van der Waals surface area contributed by atoms with Crippen LogP contribution in [0, 0.1) is 5.41 Å². The first-order valence-corrected chi connectivity index (χ1v) is 6.24. The Bertz CT molecular complexity index is 312. The maximum atomic E-state index is 12.0. The molecule has 1 atom stereocenters. The normalized spacial score (nSPS) is 19.6. The summed E-state index contributed by atoms with van der Waals surface area (Å²) in [4.78, 5) is 24.7. The van der Waals surface area contributed by atoms with E-state index >= 15 is 0 Å². The maximum Gasteiger partial charge on any atom is 0.410 e. The predicted octanol–water partition coefficient (Wildman–Crippen LogP) is 1.85. The molecule has 0 aromatic heterocycles. The lowest BCUT2D eigenvalue weighted by atomic mass is 9.76. The van der Waals surface area contributed by atoms with Gasteiger partial charge in [-0.3, -0.25) is 0 Å². The number of nitrogens with zero attached hydrogens (tertiary/aromatic N) is 1. The van der Waals surface area contributed by atoms with E-state index in [2.05, 4.69) is 0 Å². The van der Waals surface area contributed by atoms with Crippen molar-refractivity contribution >= 4 is 12.4 Å². The van der Waals surface area contributed by atoms with Crippen LogP contribution in [0.4, 0.5) is 4.79 Å². The molecule has 0 bridgehead atoms. The zero-order valence-corrected chi connectivity index (χ0v) is 11.9. The van der Waals surface area contributed by atoms with Crippen LogP contribution in [0.5, 0.6) is 0 Å². The molecule has 0 aliphatic carbocycles. The summed E-state index contributed by atoms with van der Waals surface area (Å²) in [5.41, 5.74) is -0.818. The summed E-state index contributed by atoms with van der Waals surface area (Å²) >= 11 is 0. The van der Waals surface area contributed by atoms with Gasteiger partial charge < -0.3 is 19.2 Å². The van der Waals surface area contributed by atoms with E-state index < -0.39 is 17.7 Å². The molecule has 104 valence electrons. The first-order valence-electron chi connectivity index (χ1n) is 6.24. The van der Waals surface area contributed by atoms with Crippen molar-refractivity contribution < 1.29 is 19.1 Å². The van der Waals surface area contributed by atoms with E-state index in [9.17, 15) is 9.59 Å². The lowest BCUT2D eigenvalue weighted by Gasteiger charge is -2.47. The van der Waals surface area contributed by atoms with Gasteiger partial charge in [0.2, 0.25) is 0 Å². The van der Waals surface area contributed by atoms with Gasteiger partial charge in [-0.2, -0.15) is 0 Å². The van der Waals surface area contributed by atoms with Crippen molar-refractivity contribution in [3.63, 3.8) is 0 Å². The zero-order chi connectivity index (χ0) is 14.0. The van der Waals surface area contributed by atoms with Gasteiger partial charge in [0.1, 0.15) is 17.9 Å². The van der Waals surface area contributed by atoms with Crippen LogP contribution in [0.15, 0.2) is 0 Å². The highest BCUT2D eigenvalue weighted by molar-refractivity contribution is 5.74. The van der Waals surface area contributed by atoms with E-state index in [1.807, 2.05) is 6.92 Å². The maximum absolute atomic E-state index is 12.0. The minimum absolute atomic E-state index is 0.257. The molecule has 0 spiro atoms. The van der Waals surface area contributed by atoms with E-state index in [1.54, 1.807) is 27.8 Å². The van der Waals surface area contributed by atoms with Crippen molar-refractivity contribution in [1.82, 2.24) is 4.90 Å². The fourth-order valence-corrected chi connectivity index (χ4v) is 2.04. The molecule has 0 saturated carbocycles. The molecule has 1 amide bonds. The SMILES string of the molecule is CCC1(C(C=O)N(C)C(=O)OC(C)(C)C)COC1. The molecule has 5 heteroatoms. The lowest BCUT2D eigenvalue weighted by Crippen LogP contribution is -2.59. The summed E-state index contributed by atoms with van der Waals surface area (Å²) in [6.07, 6.45) is 1.14. The van der Waals surface area contributed by atoms with Gasteiger partial charge in [0.15, 0.2) is 0 Å². The first-order chi connectivity index (χ1) is 8.25. The number of rotatable bonds is 4. The Morgan fingerprint density at radius 3 is 2.33 bits per heavy atom. The topological polar surface area (TPSA) is 55.8 Å². The third kappa shape index (κ3) is 3.02. The molecule has 1 heterocycles. The lowest BCUT2D eigenvalue weighted by molar-refractivity contribution is -0.157. The highest BCUT2D eigenvalue weighted by Crippen LogP contribution is 2.36. The molecule has 1 unspecified atom stereocenters. The highest BCUT2D eigenvalue weighted by atomic mass is 16.6. The second kappa shape index (κ2) is 5.26. The summed E-state index contributed by atoms with van der Waals surface area (Å²) in [6, 6.07) is -0.494. The second-order valence-corrected chi connectivity index (χ2v) is 5.88. The highest BCUT2D eigenvalue weighted by Gasteiger charge is 2.47. The van der Waals surface area contributed by atoms with Crippen LogP contribution in [0.2, 0.25) is 0 Å². The molecule has 0 N–H and O–H groups in total. The summed E-state index contributed by atoms with van der Waals surface area (Å²) < 4.78 is 10.5. The molecule has 18 heavy (non-hydrogen) atoms.